The predicted octanol–water partition coefficient (Wildman–Crippen LogP) is 2.41. The molecule has 1 atom stereocenters. The van der Waals surface area contributed by atoms with Gasteiger partial charge in [-0.05, 0) is 37.5 Å². The van der Waals surface area contributed by atoms with Crippen LogP contribution < -0.4 is 5.32 Å². The fraction of sp³-hybridized carbons (Fsp3) is 0.375. The van der Waals surface area contributed by atoms with Crippen LogP contribution in [-0.2, 0) is 14.8 Å². The van der Waals surface area contributed by atoms with Gasteiger partial charge in [-0.2, -0.15) is 4.31 Å². The van der Waals surface area contributed by atoms with Crippen LogP contribution >= 0.6 is 11.6 Å². The van der Waals surface area contributed by atoms with Crippen molar-refractivity contribution in [3.05, 3.63) is 41.3 Å². The van der Waals surface area contributed by atoms with Crippen LogP contribution in [0, 0.1) is 12.8 Å². The van der Waals surface area contributed by atoms with Crippen molar-refractivity contribution in [3.8, 4) is 0 Å². The number of anilines is 1. The maximum atomic E-state index is 12.6. The first-order valence-corrected chi connectivity index (χ1v) is 9.75. The number of imidazole rings is 1. The number of carbonyl (C=O) groups is 1. The van der Waals surface area contributed by atoms with Gasteiger partial charge in [0, 0.05) is 23.8 Å². The molecule has 1 aromatic carbocycles. The van der Waals surface area contributed by atoms with E-state index in [0.717, 1.165) is 5.56 Å². The molecule has 0 bridgehead atoms. The van der Waals surface area contributed by atoms with Crippen molar-refractivity contribution >= 4 is 33.2 Å². The Labute approximate surface area is 151 Å². The van der Waals surface area contributed by atoms with Gasteiger partial charge in [-0.15, -0.1) is 0 Å². The lowest BCUT2D eigenvalue weighted by Gasteiger charge is -2.30. The number of aromatic amines is 1. The highest BCUT2D eigenvalue weighted by molar-refractivity contribution is 7.89. The minimum absolute atomic E-state index is 0.0406. The second-order valence-corrected chi connectivity index (χ2v) is 8.38. The van der Waals surface area contributed by atoms with Crippen LogP contribution in [0.2, 0.25) is 5.02 Å². The quantitative estimate of drug-likeness (QED) is 0.848. The Kier molecular flexibility index (Phi) is 5.12. The number of hydrogen-bond acceptors (Lipinski definition) is 4. The van der Waals surface area contributed by atoms with Crippen molar-refractivity contribution in [2.24, 2.45) is 5.92 Å². The molecule has 1 fully saturated rings. The van der Waals surface area contributed by atoms with Crippen LogP contribution in [0.5, 0.6) is 0 Å². The van der Waals surface area contributed by atoms with E-state index in [1.807, 2.05) is 13.0 Å². The van der Waals surface area contributed by atoms with Gasteiger partial charge in [-0.1, -0.05) is 17.7 Å². The Morgan fingerprint density at radius 1 is 1.44 bits per heavy atom. The summed E-state index contributed by atoms with van der Waals surface area (Å²) in [6.45, 7) is 2.42. The first-order chi connectivity index (χ1) is 11.9. The van der Waals surface area contributed by atoms with Crippen molar-refractivity contribution in [2.45, 2.75) is 24.8 Å². The molecule has 2 heterocycles. The van der Waals surface area contributed by atoms with E-state index >= 15 is 0 Å². The number of hydrogen-bond donors (Lipinski definition) is 2. The highest BCUT2D eigenvalue weighted by Crippen LogP contribution is 2.25. The number of amides is 1. The molecule has 2 N–H and O–H groups in total. The molecule has 134 valence electrons. The topological polar surface area (TPSA) is 95.2 Å². The van der Waals surface area contributed by atoms with E-state index in [1.165, 1.54) is 16.8 Å². The summed E-state index contributed by atoms with van der Waals surface area (Å²) in [4.78, 5) is 18.9. The standard InChI is InChI=1S/C16H19ClN4O3S/c1-11-4-5-13(7-14(11)17)20-16(22)12-3-2-6-21(9-12)25(23,24)15-8-18-10-19-15/h4-5,7-8,10,12H,2-3,6,9H2,1H3,(H,18,19)(H,20,22)/t12-/m0/s1. The van der Waals surface area contributed by atoms with Crippen LogP contribution in [0.25, 0.3) is 0 Å². The van der Waals surface area contributed by atoms with E-state index < -0.39 is 15.9 Å². The van der Waals surface area contributed by atoms with Crippen molar-refractivity contribution in [2.75, 3.05) is 18.4 Å². The number of H-pyrrole nitrogens is 1. The summed E-state index contributed by atoms with van der Waals surface area (Å²) in [5, 5.41) is 3.44. The third-order valence-corrected chi connectivity index (χ3v) is 6.48. The normalized spacial score (nSPS) is 18.9. The lowest BCUT2D eigenvalue weighted by molar-refractivity contribution is -0.120. The Bertz CT molecular complexity index is 868. The first kappa shape index (κ1) is 17.9. The van der Waals surface area contributed by atoms with Crippen molar-refractivity contribution in [1.29, 1.82) is 0 Å². The van der Waals surface area contributed by atoms with Gasteiger partial charge < -0.3 is 10.3 Å². The molecule has 1 aliphatic rings. The van der Waals surface area contributed by atoms with E-state index in [2.05, 4.69) is 15.3 Å². The zero-order valence-electron chi connectivity index (χ0n) is 13.7. The van der Waals surface area contributed by atoms with Crippen LogP contribution in [0.3, 0.4) is 0 Å². The summed E-state index contributed by atoms with van der Waals surface area (Å²) >= 11 is 6.07. The minimum atomic E-state index is -3.66. The molecule has 1 amide bonds. The number of aromatic nitrogens is 2. The summed E-state index contributed by atoms with van der Waals surface area (Å²) in [6, 6.07) is 5.30. The third-order valence-electron chi connectivity index (χ3n) is 4.29. The number of benzene rings is 1. The highest BCUT2D eigenvalue weighted by Gasteiger charge is 2.34. The van der Waals surface area contributed by atoms with Gasteiger partial charge in [-0.25, -0.2) is 13.4 Å². The summed E-state index contributed by atoms with van der Waals surface area (Å²) in [7, 11) is -3.66. The molecule has 0 spiro atoms. The molecule has 0 aliphatic carbocycles. The molecular weight excluding hydrogens is 364 g/mol. The number of piperidine rings is 1. The van der Waals surface area contributed by atoms with Crippen molar-refractivity contribution in [1.82, 2.24) is 14.3 Å². The van der Waals surface area contributed by atoms with Crippen LogP contribution in [-0.4, -0.2) is 41.7 Å². The molecule has 0 radical (unpaired) electrons. The second-order valence-electron chi connectivity index (χ2n) is 6.07. The number of rotatable bonds is 4. The van der Waals surface area contributed by atoms with Gasteiger partial charge in [0.2, 0.25) is 5.91 Å². The Morgan fingerprint density at radius 3 is 2.92 bits per heavy atom. The third kappa shape index (κ3) is 3.86. The summed E-state index contributed by atoms with van der Waals surface area (Å²) in [5.41, 5.74) is 1.53. The number of nitrogens with zero attached hydrogens (tertiary/aromatic N) is 2. The number of carbonyl (C=O) groups excluding carboxylic acids is 1. The van der Waals surface area contributed by atoms with Gasteiger partial charge in [0.1, 0.15) is 0 Å². The molecule has 0 unspecified atom stereocenters. The van der Waals surface area contributed by atoms with Crippen molar-refractivity contribution in [3.63, 3.8) is 0 Å². The van der Waals surface area contributed by atoms with Gasteiger partial charge in [0.15, 0.2) is 5.03 Å². The van der Waals surface area contributed by atoms with E-state index in [9.17, 15) is 13.2 Å². The molecule has 3 rings (SSSR count). The molecule has 7 nitrogen and oxygen atoms in total. The fourth-order valence-corrected chi connectivity index (χ4v) is 4.41. The van der Waals surface area contributed by atoms with Gasteiger partial charge >= 0.3 is 0 Å². The molecule has 1 saturated heterocycles. The minimum Gasteiger partial charge on any atom is -0.335 e. The van der Waals surface area contributed by atoms with Gasteiger partial charge in [0.05, 0.1) is 18.4 Å². The predicted molar refractivity (Wildman–Crippen MR) is 94.9 cm³/mol. The van der Waals surface area contributed by atoms with Crippen LogP contribution in [0.15, 0.2) is 35.7 Å². The maximum Gasteiger partial charge on any atom is 0.260 e. The number of aryl methyl sites for hydroxylation is 1. The van der Waals surface area contributed by atoms with Gasteiger partial charge in [-0.3, -0.25) is 4.79 Å². The zero-order chi connectivity index (χ0) is 18.0. The van der Waals surface area contributed by atoms with E-state index in [4.69, 9.17) is 11.6 Å². The molecule has 0 saturated carbocycles. The van der Waals surface area contributed by atoms with Crippen LogP contribution in [0.4, 0.5) is 5.69 Å². The Balaban J connectivity index is 1.70. The molecule has 2 aromatic rings. The van der Waals surface area contributed by atoms with E-state index in [-0.39, 0.29) is 17.5 Å². The van der Waals surface area contributed by atoms with E-state index in [1.54, 1.807) is 12.1 Å². The monoisotopic (exact) mass is 382 g/mol. The zero-order valence-corrected chi connectivity index (χ0v) is 15.3. The number of nitrogens with one attached hydrogen (secondary N) is 2. The van der Waals surface area contributed by atoms with Crippen LogP contribution in [0.1, 0.15) is 18.4 Å². The lowest BCUT2D eigenvalue weighted by atomic mass is 9.98. The molecule has 9 heteroatoms. The molecule has 25 heavy (non-hydrogen) atoms. The van der Waals surface area contributed by atoms with Gasteiger partial charge in [0.25, 0.3) is 10.0 Å². The first-order valence-electron chi connectivity index (χ1n) is 7.93. The smallest absolute Gasteiger partial charge is 0.260 e. The second kappa shape index (κ2) is 7.15. The summed E-state index contributed by atoms with van der Waals surface area (Å²) in [6.07, 6.45) is 3.86. The molecule has 1 aromatic heterocycles. The number of halogens is 1. The Hall–Kier alpha value is -1.90. The number of sulfonamides is 1. The maximum absolute atomic E-state index is 12.6. The van der Waals surface area contributed by atoms with E-state index in [0.29, 0.717) is 30.1 Å². The molecule has 1 aliphatic heterocycles. The summed E-state index contributed by atoms with van der Waals surface area (Å²) in [5.74, 6) is -0.615. The average Bonchev–Trinajstić information content (AvgIpc) is 3.14. The fourth-order valence-electron chi connectivity index (χ4n) is 2.81. The SMILES string of the molecule is Cc1ccc(NC(=O)[C@H]2CCCN(S(=O)(=O)c3cnc[nH]3)C2)cc1Cl. The lowest BCUT2D eigenvalue weighted by Crippen LogP contribution is -2.43. The molecular formula is C16H19ClN4O3S. The summed E-state index contributed by atoms with van der Waals surface area (Å²) < 4.78 is 26.5. The Morgan fingerprint density at radius 2 is 2.24 bits per heavy atom. The van der Waals surface area contributed by atoms with Crippen molar-refractivity contribution < 1.29 is 13.2 Å². The largest absolute Gasteiger partial charge is 0.335 e. The highest BCUT2D eigenvalue weighted by atomic mass is 35.5. The average molecular weight is 383 g/mol.